The number of amides is 2. The van der Waals surface area contributed by atoms with E-state index in [0.29, 0.717) is 27.6 Å². The molecule has 0 fully saturated rings. The van der Waals surface area contributed by atoms with Crippen molar-refractivity contribution in [2.24, 2.45) is 0 Å². The molecular formula is C23H25F3N2O4. The van der Waals surface area contributed by atoms with E-state index in [1.807, 2.05) is 26.0 Å². The number of fused-ring (bicyclic) bond motifs is 1. The predicted octanol–water partition coefficient (Wildman–Crippen LogP) is 4.33. The minimum atomic E-state index is -4.93. The van der Waals surface area contributed by atoms with E-state index in [2.05, 4.69) is 5.32 Å². The fourth-order valence-corrected chi connectivity index (χ4v) is 3.52. The van der Waals surface area contributed by atoms with Gasteiger partial charge in [0.1, 0.15) is 5.60 Å². The van der Waals surface area contributed by atoms with E-state index in [-0.39, 0.29) is 25.3 Å². The highest BCUT2D eigenvalue weighted by Gasteiger charge is 2.42. The zero-order chi connectivity index (χ0) is 23.5. The van der Waals surface area contributed by atoms with Crippen molar-refractivity contribution in [1.29, 1.82) is 0 Å². The van der Waals surface area contributed by atoms with Gasteiger partial charge in [-0.3, -0.25) is 9.59 Å². The van der Waals surface area contributed by atoms with Crippen LogP contribution in [-0.4, -0.2) is 41.6 Å². The predicted molar refractivity (Wildman–Crippen MR) is 113 cm³/mol. The third-order valence-electron chi connectivity index (χ3n) is 4.91. The summed E-state index contributed by atoms with van der Waals surface area (Å²) >= 11 is 0. The molecule has 2 aromatic rings. The van der Waals surface area contributed by atoms with E-state index in [1.54, 1.807) is 24.3 Å². The fraction of sp³-hybridized carbons (Fsp3) is 0.391. The van der Waals surface area contributed by atoms with Crippen LogP contribution in [0, 0.1) is 0 Å². The summed E-state index contributed by atoms with van der Waals surface area (Å²) in [5.41, 5.74) is 1.51. The molecule has 9 heteroatoms. The van der Waals surface area contributed by atoms with Crippen molar-refractivity contribution in [2.45, 2.75) is 45.5 Å². The average Bonchev–Trinajstić information content (AvgIpc) is 3.04. The molecule has 1 heterocycles. The van der Waals surface area contributed by atoms with Crippen LogP contribution in [0.2, 0.25) is 0 Å². The number of benzene rings is 2. The third-order valence-corrected chi connectivity index (χ3v) is 4.91. The molecule has 0 aromatic heterocycles. The molecule has 0 radical (unpaired) electrons. The van der Waals surface area contributed by atoms with E-state index >= 15 is 0 Å². The Kier molecular flexibility index (Phi) is 6.66. The Morgan fingerprint density at radius 3 is 2.59 bits per heavy atom. The van der Waals surface area contributed by atoms with Crippen LogP contribution >= 0.6 is 0 Å². The second-order valence-electron chi connectivity index (χ2n) is 8.14. The number of hydrogen-bond acceptors (Lipinski definition) is 4. The molecule has 2 aromatic carbocycles. The Bertz CT molecular complexity index is 1000. The van der Waals surface area contributed by atoms with Gasteiger partial charge in [-0.15, -0.1) is 0 Å². The molecule has 172 valence electrons. The minimum Gasteiger partial charge on any atom is -0.483 e. The van der Waals surface area contributed by atoms with E-state index < -0.39 is 18.0 Å². The highest BCUT2D eigenvalue weighted by Crippen LogP contribution is 2.41. The summed E-state index contributed by atoms with van der Waals surface area (Å²) in [4.78, 5) is 24.6. The number of ether oxygens (including phenoxy) is 2. The highest BCUT2D eigenvalue weighted by atomic mass is 19.4. The summed E-state index contributed by atoms with van der Waals surface area (Å²) in [5.74, 6) is -1.23. The Morgan fingerprint density at radius 2 is 1.91 bits per heavy atom. The number of nitrogens with one attached hydrogen (secondary N) is 1. The number of carbonyl (C=O) groups is 2. The molecule has 2 amide bonds. The van der Waals surface area contributed by atoms with Crippen LogP contribution in [0.3, 0.4) is 0 Å². The zero-order valence-electron chi connectivity index (χ0n) is 18.1. The molecule has 0 saturated carbocycles. The Morgan fingerprint density at radius 1 is 1.19 bits per heavy atom. The van der Waals surface area contributed by atoms with Gasteiger partial charge in [0, 0.05) is 30.8 Å². The normalized spacial score (nSPS) is 14.3. The van der Waals surface area contributed by atoms with Crippen LogP contribution in [0.15, 0.2) is 42.5 Å². The lowest BCUT2D eigenvalue weighted by Crippen LogP contribution is -2.40. The Labute approximate surface area is 184 Å². The zero-order valence-corrected chi connectivity index (χ0v) is 18.1. The van der Waals surface area contributed by atoms with Crippen molar-refractivity contribution in [3.63, 3.8) is 0 Å². The molecule has 0 atom stereocenters. The SMILES string of the molecule is CCN(Cc1cccc(NC(=O)COc2cccc3c2OC(C)(C)C3)c1)C(=O)C(F)(F)F. The van der Waals surface area contributed by atoms with Gasteiger partial charge in [0.25, 0.3) is 5.91 Å². The van der Waals surface area contributed by atoms with Gasteiger partial charge in [-0.05, 0) is 44.5 Å². The van der Waals surface area contributed by atoms with Crippen LogP contribution in [0.4, 0.5) is 18.9 Å². The van der Waals surface area contributed by atoms with Crippen molar-refractivity contribution < 1.29 is 32.2 Å². The van der Waals surface area contributed by atoms with E-state index in [1.165, 1.54) is 13.0 Å². The molecule has 3 rings (SSSR count). The average molecular weight is 450 g/mol. The van der Waals surface area contributed by atoms with Crippen LogP contribution in [0.5, 0.6) is 11.5 Å². The maximum atomic E-state index is 12.7. The molecule has 6 nitrogen and oxygen atoms in total. The lowest BCUT2D eigenvalue weighted by molar-refractivity contribution is -0.185. The third kappa shape index (κ3) is 5.72. The van der Waals surface area contributed by atoms with Crippen LogP contribution in [-0.2, 0) is 22.6 Å². The molecule has 32 heavy (non-hydrogen) atoms. The number of para-hydroxylation sites is 1. The fourth-order valence-electron chi connectivity index (χ4n) is 3.52. The first-order valence-corrected chi connectivity index (χ1v) is 10.2. The van der Waals surface area contributed by atoms with Crippen LogP contribution in [0.1, 0.15) is 31.9 Å². The summed E-state index contributed by atoms with van der Waals surface area (Å²) in [6, 6.07) is 11.8. The standard InChI is InChI=1S/C23H25F3N2O4/c1-4-28(21(30)23(24,25)26)13-15-7-5-9-17(11-15)27-19(29)14-31-18-10-6-8-16-12-22(2,3)32-20(16)18/h5-11H,4,12-14H2,1-3H3,(H,27,29). The van der Waals surface area contributed by atoms with Gasteiger partial charge in [0.15, 0.2) is 18.1 Å². The summed E-state index contributed by atoms with van der Waals surface area (Å²) in [6.45, 7) is 4.83. The van der Waals surface area contributed by atoms with Gasteiger partial charge in [-0.1, -0.05) is 24.3 Å². The van der Waals surface area contributed by atoms with Gasteiger partial charge in [-0.25, -0.2) is 0 Å². The summed E-state index contributed by atoms with van der Waals surface area (Å²) in [5, 5.41) is 2.66. The van der Waals surface area contributed by atoms with Gasteiger partial charge in [0.05, 0.1) is 0 Å². The van der Waals surface area contributed by atoms with E-state index in [0.717, 1.165) is 12.0 Å². The molecule has 0 aliphatic carbocycles. The maximum absolute atomic E-state index is 12.7. The second-order valence-corrected chi connectivity index (χ2v) is 8.14. The number of anilines is 1. The summed E-state index contributed by atoms with van der Waals surface area (Å²) in [6.07, 6.45) is -4.19. The lowest BCUT2D eigenvalue weighted by Gasteiger charge is -2.22. The van der Waals surface area contributed by atoms with Gasteiger partial charge in [0.2, 0.25) is 0 Å². The summed E-state index contributed by atoms with van der Waals surface area (Å²) in [7, 11) is 0. The van der Waals surface area contributed by atoms with Gasteiger partial charge < -0.3 is 19.7 Å². The number of nitrogens with zero attached hydrogens (tertiary/aromatic N) is 1. The number of rotatable bonds is 7. The van der Waals surface area contributed by atoms with Gasteiger partial charge >= 0.3 is 12.1 Å². The molecule has 1 N–H and O–H groups in total. The molecule has 0 bridgehead atoms. The minimum absolute atomic E-state index is 0.0942. The summed E-state index contributed by atoms with van der Waals surface area (Å²) < 4.78 is 49.7. The monoisotopic (exact) mass is 450 g/mol. The number of hydrogen-bond donors (Lipinski definition) is 1. The number of carbonyl (C=O) groups excluding carboxylic acids is 2. The van der Waals surface area contributed by atoms with Crippen LogP contribution in [0.25, 0.3) is 0 Å². The maximum Gasteiger partial charge on any atom is 0.471 e. The highest BCUT2D eigenvalue weighted by molar-refractivity contribution is 5.92. The smallest absolute Gasteiger partial charge is 0.471 e. The van der Waals surface area contributed by atoms with Crippen molar-refractivity contribution in [3.8, 4) is 11.5 Å². The van der Waals surface area contributed by atoms with Crippen molar-refractivity contribution >= 4 is 17.5 Å². The van der Waals surface area contributed by atoms with E-state index in [9.17, 15) is 22.8 Å². The molecule has 0 unspecified atom stereocenters. The van der Waals surface area contributed by atoms with Crippen LogP contribution < -0.4 is 14.8 Å². The number of alkyl halides is 3. The lowest BCUT2D eigenvalue weighted by atomic mass is 10.0. The molecule has 0 saturated heterocycles. The van der Waals surface area contributed by atoms with E-state index in [4.69, 9.17) is 9.47 Å². The van der Waals surface area contributed by atoms with Gasteiger partial charge in [-0.2, -0.15) is 13.2 Å². The first kappa shape index (κ1) is 23.4. The second kappa shape index (κ2) is 9.10. The largest absolute Gasteiger partial charge is 0.483 e. The molecular weight excluding hydrogens is 425 g/mol. The van der Waals surface area contributed by atoms with Crippen molar-refractivity contribution in [1.82, 2.24) is 4.90 Å². The Hall–Kier alpha value is -3.23. The van der Waals surface area contributed by atoms with Crippen molar-refractivity contribution in [3.05, 3.63) is 53.6 Å². The topological polar surface area (TPSA) is 67.9 Å². The Balaban J connectivity index is 1.60. The first-order valence-electron chi connectivity index (χ1n) is 10.2. The first-order chi connectivity index (χ1) is 15.0. The molecule has 1 aliphatic rings. The molecule has 0 spiro atoms. The quantitative estimate of drug-likeness (QED) is 0.682. The van der Waals surface area contributed by atoms with Crippen molar-refractivity contribution in [2.75, 3.05) is 18.5 Å². The number of halogens is 3. The molecule has 1 aliphatic heterocycles.